The van der Waals surface area contributed by atoms with Crippen LogP contribution in [0.25, 0.3) is 0 Å². The first-order valence-electron chi connectivity index (χ1n) is 9.78. The van der Waals surface area contributed by atoms with Gasteiger partial charge < -0.3 is 19.0 Å². The van der Waals surface area contributed by atoms with Gasteiger partial charge in [-0.15, -0.1) is 0 Å². The summed E-state index contributed by atoms with van der Waals surface area (Å²) in [5.74, 6) is 1.22. The third-order valence-electron chi connectivity index (χ3n) is 6.03. The fraction of sp³-hybridized carbons (Fsp3) is 0.455. The molecule has 2 saturated heterocycles. The van der Waals surface area contributed by atoms with Gasteiger partial charge in [-0.2, -0.15) is 0 Å². The lowest BCUT2D eigenvalue weighted by Gasteiger charge is -2.39. The summed E-state index contributed by atoms with van der Waals surface area (Å²) in [5, 5.41) is 0. The van der Waals surface area contributed by atoms with E-state index in [0.717, 1.165) is 36.3 Å². The highest BCUT2D eigenvalue weighted by molar-refractivity contribution is 5.94. The quantitative estimate of drug-likeness (QED) is 0.814. The number of furan rings is 1. The first-order chi connectivity index (χ1) is 13.5. The maximum atomic E-state index is 13.4. The maximum Gasteiger partial charge on any atom is 0.289 e. The molecule has 0 unspecified atom stereocenters. The van der Waals surface area contributed by atoms with Gasteiger partial charge in [0, 0.05) is 31.7 Å². The number of likely N-dealkylation sites (tertiary alicyclic amines) is 2. The average molecular weight is 382 g/mol. The zero-order valence-corrected chi connectivity index (χ0v) is 16.4. The number of aryl methyl sites for hydroxylation is 1. The summed E-state index contributed by atoms with van der Waals surface area (Å²) in [6, 6.07) is 9.63. The average Bonchev–Trinajstić information content (AvgIpc) is 3.32. The molecular formula is C22H26N2O4. The smallest absolute Gasteiger partial charge is 0.289 e. The molecule has 1 aromatic carbocycles. The van der Waals surface area contributed by atoms with Gasteiger partial charge in [0.25, 0.3) is 5.91 Å². The molecule has 2 aromatic rings. The Morgan fingerprint density at radius 2 is 2.11 bits per heavy atom. The minimum Gasteiger partial charge on any atom is -0.497 e. The van der Waals surface area contributed by atoms with Crippen molar-refractivity contribution >= 4 is 11.8 Å². The predicted octanol–water partition coefficient (Wildman–Crippen LogP) is 3.25. The van der Waals surface area contributed by atoms with Gasteiger partial charge in [-0.1, -0.05) is 12.1 Å². The Hall–Kier alpha value is -2.76. The number of carbonyl (C=O) groups is 2. The lowest BCUT2D eigenvalue weighted by molar-refractivity contribution is -0.146. The topological polar surface area (TPSA) is 63.0 Å². The Kier molecular flexibility index (Phi) is 4.87. The Morgan fingerprint density at radius 1 is 1.25 bits per heavy atom. The molecule has 3 heterocycles. The highest BCUT2D eigenvalue weighted by Gasteiger charge is 2.49. The fourth-order valence-electron chi connectivity index (χ4n) is 4.45. The molecule has 0 N–H and O–H groups in total. The Bertz CT molecular complexity index is 890. The summed E-state index contributed by atoms with van der Waals surface area (Å²) in [5.41, 5.74) is 1.43. The largest absolute Gasteiger partial charge is 0.497 e. The molecule has 6 nitrogen and oxygen atoms in total. The second-order valence-electron chi connectivity index (χ2n) is 7.87. The number of nitrogens with zero attached hydrogens (tertiary/aromatic N) is 2. The zero-order chi connectivity index (χ0) is 19.7. The van der Waals surface area contributed by atoms with Gasteiger partial charge in [-0.3, -0.25) is 9.59 Å². The van der Waals surface area contributed by atoms with E-state index < -0.39 is 5.41 Å². The number of piperidine rings is 1. The summed E-state index contributed by atoms with van der Waals surface area (Å²) in [7, 11) is 1.64. The van der Waals surface area contributed by atoms with E-state index >= 15 is 0 Å². The van der Waals surface area contributed by atoms with Crippen molar-refractivity contribution in [3.8, 4) is 5.75 Å². The third kappa shape index (κ3) is 3.28. The van der Waals surface area contributed by atoms with Gasteiger partial charge in [0.2, 0.25) is 5.91 Å². The van der Waals surface area contributed by atoms with E-state index in [1.54, 1.807) is 18.1 Å². The van der Waals surface area contributed by atoms with Gasteiger partial charge in [0.05, 0.1) is 18.8 Å². The highest BCUT2D eigenvalue weighted by Crippen LogP contribution is 2.41. The van der Waals surface area contributed by atoms with E-state index in [-0.39, 0.29) is 11.8 Å². The second kappa shape index (κ2) is 7.34. The molecule has 1 spiro atoms. The molecule has 2 aliphatic rings. The van der Waals surface area contributed by atoms with Crippen LogP contribution in [0.4, 0.5) is 0 Å². The summed E-state index contributed by atoms with van der Waals surface area (Å²) < 4.78 is 10.7. The van der Waals surface area contributed by atoms with E-state index in [4.69, 9.17) is 9.15 Å². The molecule has 0 aliphatic carbocycles. The molecule has 1 aromatic heterocycles. The summed E-state index contributed by atoms with van der Waals surface area (Å²) in [4.78, 5) is 29.9. The van der Waals surface area contributed by atoms with Crippen LogP contribution in [-0.4, -0.2) is 48.4 Å². The van der Waals surface area contributed by atoms with Crippen molar-refractivity contribution in [2.75, 3.05) is 26.7 Å². The van der Waals surface area contributed by atoms with Gasteiger partial charge >= 0.3 is 0 Å². The first-order valence-corrected chi connectivity index (χ1v) is 9.78. The van der Waals surface area contributed by atoms with Crippen LogP contribution in [0.1, 0.15) is 40.9 Å². The van der Waals surface area contributed by atoms with Crippen molar-refractivity contribution in [1.82, 2.24) is 9.80 Å². The number of rotatable bonds is 4. The molecule has 1 atom stereocenters. The minimum absolute atomic E-state index is 0.114. The summed E-state index contributed by atoms with van der Waals surface area (Å²) >= 11 is 0. The lowest BCUT2D eigenvalue weighted by Crippen LogP contribution is -2.50. The number of hydrogen-bond donors (Lipinski definition) is 0. The van der Waals surface area contributed by atoms with E-state index in [1.165, 1.54) is 6.26 Å². The van der Waals surface area contributed by atoms with Crippen molar-refractivity contribution in [2.24, 2.45) is 5.41 Å². The van der Waals surface area contributed by atoms with Crippen molar-refractivity contribution in [3.63, 3.8) is 0 Å². The van der Waals surface area contributed by atoms with E-state index in [2.05, 4.69) is 0 Å². The fourth-order valence-corrected chi connectivity index (χ4v) is 4.45. The number of benzene rings is 1. The van der Waals surface area contributed by atoms with E-state index in [9.17, 15) is 9.59 Å². The van der Waals surface area contributed by atoms with Gasteiger partial charge in [-0.25, -0.2) is 0 Å². The molecule has 6 heteroatoms. The predicted molar refractivity (Wildman–Crippen MR) is 104 cm³/mol. The van der Waals surface area contributed by atoms with Crippen LogP contribution in [0.5, 0.6) is 5.75 Å². The SMILES string of the molecule is COc1cccc(CN2CCC[C@]3(CCN(C(=O)c4occc4C)C3)C2=O)c1. The molecule has 28 heavy (non-hydrogen) atoms. The first kappa shape index (κ1) is 18.6. The highest BCUT2D eigenvalue weighted by atomic mass is 16.5. The van der Waals surface area contributed by atoms with Crippen molar-refractivity contribution in [1.29, 1.82) is 0 Å². The molecule has 2 amide bonds. The number of ether oxygens (including phenoxy) is 1. The van der Waals surface area contributed by atoms with Crippen LogP contribution in [0.3, 0.4) is 0 Å². The molecule has 0 bridgehead atoms. The van der Waals surface area contributed by atoms with E-state index in [1.807, 2.05) is 36.1 Å². The van der Waals surface area contributed by atoms with Crippen molar-refractivity contribution in [2.45, 2.75) is 32.7 Å². The van der Waals surface area contributed by atoms with Crippen LogP contribution in [0.2, 0.25) is 0 Å². The van der Waals surface area contributed by atoms with Gasteiger partial charge in [0.1, 0.15) is 5.75 Å². The van der Waals surface area contributed by atoms with Gasteiger partial charge in [-0.05, 0) is 49.9 Å². The van der Waals surface area contributed by atoms with E-state index in [0.29, 0.717) is 31.8 Å². The summed E-state index contributed by atoms with van der Waals surface area (Å²) in [6.45, 7) is 4.26. The number of hydrogen-bond acceptors (Lipinski definition) is 4. The van der Waals surface area contributed by atoms with Gasteiger partial charge in [0.15, 0.2) is 5.76 Å². The Balaban J connectivity index is 1.48. The number of amides is 2. The van der Waals surface area contributed by atoms with Crippen LogP contribution in [-0.2, 0) is 11.3 Å². The Morgan fingerprint density at radius 3 is 2.86 bits per heavy atom. The Labute approximate surface area is 165 Å². The standard InChI is InChI=1S/C22H26N2O4/c1-16-7-12-28-19(16)20(25)24-11-9-22(15-24)8-4-10-23(21(22)26)14-17-5-3-6-18(13-17)27-2/h3,5-7,12-13H,4,8-11,14-15H2,1-2H3/t22-/m1/s1. The van der Waals surface area contributed by atoms with Crippen LogP contribution in [0.15, 0.2) is 41.0 Å². The molecule has 0 saturated carbocycles. The van der Waals surface area contributed by atoms with Crippen molar-refractivity contribution < 1.29 is 18.7 Å². The zero-order valence-electron chi connectivity index (χ0n) is 16.4. The molecular weight excluding hydrogens is 356 g/mol. The molecule has 148 valence electrons. The second-order valence-corrected chi connectivity index (χ2v) is 7.87. The van der Waals surface area contributed by atoms with Crippen molar-refractivity contribution in [3.05, 3.63) is 53.5 Å². The third-order valence-corrected chi connectivity index (χ3v) is 6.03. The lowest BCUT2D eigenvalue weighted by atomic mass is 9.78. The minimum atomic E-state index is -0.465. The summed E-state index contributed by atoms with van der Waals surface area (Å²) in [6.07, 6.45) is 4.04. The molecule has 2 aliphatic heterocycles. The van der Waals surface area contributed by atoms with Crippen LogP contribution >= 0.6 is 0 Å². The normalized spacial score (nSPS) is 22.1. The number of carbonyl (C=O) groups excluding carboxylic acids is 2. The molecule has 2 fully saturated rings. The van der Waals surface area contributed by atoms with Crippen LogP contribution in [0, 0.1) is 12.3 Å². The van der Waals surface area contributed by atoms with Crippen LogP contribution < -0.4 is 4.74 Å². The molecule has 0 radical (unpaired) electrons. The maximum absolute atomic E-state index is 13.4. The number of methoxy groups -OCH3 is 1. The monoisotopic (exact) mass is 382 g/mol. The molecule has 4 rings (SSSR count).